The minimum Gasteiger partial charge on any atom is -0.195 e. The van der Waals surface area contributed by atoms with Gasteiger partial charge >= 0.3 is 0 Å². The molecule has 4 aromatic rings. The number of nitrogens with zero attached hydrogens (tertiary/aromatic N) is 1. The van der Waals surface area contributed by atoms with Gasteiger partial charge in [-0.3, -0.25) is 0 Å². The topological polar surface area (TPSA) is 23.8 Å². The van der Waals surface area contributed by atoms with Gasteiger partial charge in [-0.05, 0) is 12.1 Å². The average Bonchev–Trinajstić information content (AvgIpc) is 2.77. The summed E-state index contributed by atoms with van der Waals surface area (Å²) in [7, 11) is 0. The fourth-order valence-corrected chi connectivity index (χ4v) is 4.23. The van der Waals surface area contributed by atoms with E-state index in [1.54, 1.807) is 0 Å². The van der Waals surface area contributed by atoms with E-state index in [-0.39, 0.29) is 0 Å². The van der Waals surface area contributed by atoms with Crippen molar-refractivity contribution in [2.45, 2.75) is 0 Å². The second-order valence-electron chi connectivity index (χ2n) is 6.83. The Hall–Kier alpha value is -3.57. The average molecular weight is 344 g/mol. The molecule has 4 aromatic carbocycles. The van der Waals surface area contributed by atoms with Gasteiger partial charge in [0.2, 0.25) is 0 Å². The SMILES string of the molecule is N#Cc1ccc([B-](c2ccccc2)(c2ccccc2)c2ccccc2)cc1. The van der Waals surface area contributed by atoms with Crippen molar-refractivity contribution in [3.63, 3.8) is 0 Å². The third kappa shape index (κ3) is 2.94. The summed E-state index contributed by atoms with van der Waals surface area (Å²) < 4.78 is 0. The summed E-state index contributed by atoms with van der Waals surface area (Å²) in [6.45, 7) is 0. The molecule has 0 bridgehead atoms. The predicted octanol–water partition coefficient (Wildman–Crippen LogP) is 2.94. The monoisotopic (exact) mass is 344 g/mol. The Morgan fingerprint density at radius 1 is 0.444 bits per heavy atom. The molecule has 27 heavy (non-hydrogen) atoms. The van der Waals surface area contributed by atoms with Gasteiger partial charge in [0.15, 0.2) is 0 Å². The van der Waals surface area contributed by atoms with Crippen molar-refractivity contribution in [2.24, 2.45) is 0 Å². The lowest BCUT2D eigenvalue weighted by Crippen LogP contribution is -2.74. The predicted molar refractivity (Wildman–Crippen MR) is 115 cm³/mol. The summed E-state index contributed by atoms with van der Waals surface area (Å²) in [6, 6.07) is 42.3. The second kappa shape index (κ2) is 7.36. The molecule has 0 heterocycles. The molecule has 4 rings (SSSR count). The van der Waals surface area contributed by atoms with Crippen LogP contribution in [0, 0.1) is 11.3 Å². The molecule has 0 aliphatic rings. The van der Waals surface area contributed by atoms with Crippen LogP contribution in [0.15, 0.2) is 115 Å². The highest BCUT2D eigenvalue weighted by molar-refractivity contribution is 7.19. The molecule has 0 saturated carbocycles. The van der Waals surface area contributed by atoms with Crippen LogP contribution in [0.25, 0.3) is 0 Å². The van der Waals surface area contributed by atoms with Crippen molar-refractivity contribution in [2.75, 3.05) is 0 Å². The maximum atomic E-state index is 9.24. The smallest absolute Gasteiger partial charge is 0.108 e. The van der Waals surface area contributed by atoms with Crippen molar-refractivity contribution in [3.05, 3.63) is 121 Å². The number of hydrogen-bond donors (Lipinski definition) is 0. The summed E-state index contributed by atoms with van der Waals surface area (Å²) in [5.74, 6) is 0. The van der Waals surface area contributed by atoms with Crippen molar-refractivity contribution in [1.29, 1.82) is 5.26 Å². The Kier molecular flexibility index (Phi) is 4.60. The molecule has 2 heteroatoms. The molecular weight excluding hydrogens is 325 g/mol. The maximum Gasteiger partial charge on any atom is 0.108 e. The molecule has 0 fully saturated rings. The number of nitriles is 1. The molecule has 0 atom stereocenters. The molecule has 0 N–H and O–H groups in total. The van der Waals surface area contributed by atoms with E-state index in [0.29, 0.717) is 5.56 Å². The van der Waals surface area contributed by atoms with Gasteiger partial charge in [0.05, 0.1) is 11.6 Å². The Labute approximate surface area is 160 Å². The zero-order chi connectivity index (χ0) is 18.5. The molecule has 1 nitrogen and oxygen atoms in total. The number of rotatable bonds is 4. The Morgan fingerprint density at radius 3 is 1.11 bits per heavy atom. The first-order valence-corrected chi connectivity index (χ1v) is 9.18. The normalized spacial score (nSPS) is 10.9. The van der Waals surface area contributed by atoms with Crippen LogP contribution in [-0.2, 0) is 0 Å². The third-order valence-corrected chi connectivity index (χ3v) is 5.44. The van der Waals surface area contributed by atoms with Crippen LogP contribution in [0.1, 0.15) is 5.56 Å². The first kappa shape index (κ1) is 16.9. The van der Waals surface area contributed by atoms with Gasteiger partial charge in [-0.2, -0.15) is 27.1 Å². The van der Waals surface area contributed by atoms with Crippen molar-refractivity contribution < 1.29 is 0 Å². The summed E-state index contributed by atoms with van der Waals surface area (Å²) in [4.78, 5) is 0. The standard InChI is InChI=1S/C25H19BN/c27-20-21-16-18-25(19-17-21)26(22-10-4-1-5-11-22,23-12-6-2-7-13-23)24-14-8-3-9-15-24/h1-19H/q-1. The van der Waals surface area contributed by atoms with Crippen LogP contribution in [0.2, 0.25) is 0 Å². The second-order valence-corrected chi connectivity index (χ2v) is 6.83. The zero-order valence-electron chi connectivity index (χ0n) is 15.0. The van der Waals surface area contributed by atoms with Crippen LogP contribution in [-0.4, -0.2) is 6.15 Å². The summed E-state index contributed by atoms with van der Waals surface area (Å²) in [6.07, 6.45) is -1.35. The van der Waals surface area contributed by atoms with Gasteiger partial charge in [0.1, 0.15) is 6.15 Å². The van der Waals surface area contributed by atoms with E-state index < -0.39 is 6.15 Å². The largest absolute Gasteiger partial charge is 0.195 e. The molecule has 0 aliphatic carbocycles. The molecule has 0 aliphatic heterocycles. The molecule has 0 aromatic heterocycles. The summed E-state index contributed by atoms with van der Waals surface area (Å²) in [5, 5.41) is 9.24. The Balaban J connectivity index is 2.11. The van der Waals surface area contributed by atoms with E-state index in [4.69, 9.17) is 0 Å². The Bertz CT molecular complexity index is 953. The van der Waals surface area contributed by atoms with E-state index in [1.807, 2.05) is 12.1 Å². The first-order valence-electron chi connectivity index (χ1n) is 9.18. The summed E-state index contributed by atoms with van der Waals surface area (Å²) >= 11 is 0. The van der Waals surface area contributed by atoms with Gasteiger partial charge in [-0.25, -0.2) is 0 Å². The van der Waals surface area contributed by atoms with E-state index in [2.05, 4.69) is 109 Å². The molecule has 128 valence electrons. The number of hydrogen-bond acceptors (Lipinski definition) is 1. The highest BCUT2D eigenvalue weighted by atomic mass is 14.2. The molecule has 0 amide bonds. The number of benzene rings is 4. The summed E-state index contributed by atoms with van der Waals surface area (Å²) in [5.41, 5.74) is 5.68. The minimum atomic E-state index is -1.35. The minimum absolute atomic E-state index is 0.678. The first-order chi connectivity index (χ1) is 13.4. The molecule has 0 spiro atoms. The van der Waals surface area contributed by atoms with Gasteiger partial charge in [0.25, 0.3) is 0 Å². The molecular formula is C25H19BN-. The Morgan fingerprint density at radius 2 is 0.778 bits per heavy atom. The lowest BCUT2D eigenvalue weighted by Gasteiger charge is -2.44. The lowest BCUT2D eigenvalue weighted by atomic mass is 9.13. The van der Waals surface area contributed by atoms with Crippen LogP contribution in [0.4, 0.5) is 0 Å². The van der Waals surface area contributed by atoms with Crippen LogP contribution in [0.3, 0.4) is 0 Å². The van der Waals surface area contributed by atoms with E-state index in [1.165, 1.54) is 21.9 Å². The van der Waals surface area contributed by atoms with Gasteiger partial charge in [-0.1, -0.05) is 103 Å². The van der Waals surface area contributed by atoms with Crippen molar-refractivity contribution in [1.82, 2.24) is 0 Å². The molecule has 0 radical (unpaired) electrons. The fourth-order valence-electron chi connectivity index (χ4n) is 4.23. The molecule has 0 unspecified atom stereocenters. The van der Waals surface area contributed by atoms with E-state index in [9.17, 15) is 5.26 Å². The highest BCUT2D eigenvalue weighted by Gasteiger charge is 2.31. The van der Waals surface area contributed by atoms with E-state index in [0.717, 1.165) is 0 Å². The zero-order valence-corrected chi connectivity index (χ0v) is 15.0. The van der Waals surface area contributed by atoms with E-state index >= 15 is 0 Å². The van der Waals surface area contributed by atoms with Gasteiger partial charge in [-0.15, -0.1) is 0 Å². The lowest BCUT2D eigenvalue weighted by molar-refractivity contribution is 1.49. The highest BCUT2D eigenvalue weighted by Crippen LogP contribution is 2.10. The van der Waals surface area contributed by atoms with Crippen LogP contribution < -0.4 is 21.9 Å². The van der Waals surface area contributed by atoms with Crippen molar-refractivity contribution in [3.8, 4) is 6.07 Å². The van der Waals surface area contributed by atoms with Crippen LogP contribution in [0.5, 0.6) is 0 Å². The van der Waals surface area contributed by atoms with Crippen LogP contribution >= 0.6 is 0 Å². The quantitative estimate of drug-likeness (QED) is 0.522. The fraction of sp³-hybridized carbons (Fsp3) is 0. The third-order valence-electron chi connectivity index (χ3n) is 5.44. The van der Waals surface area contributed by atoms with Crippen molar-refractivity contribution >= 4 is 28.0 Å². The van der Waals surface area contributed by atoms with Gasteiger partial charge < -0.3 is 0 Å². The maximum absolute atomic E-state index is 9.24. The molecule has 0 saturated heterocycles. The van der Waals surface area contributed by atoms with Gasteiger partial charge in [0, 0.05) is 0 Å².